The summed E-state index contributed by atoms with van der Waals surface area (Å²) in [6.45, 7) is 0. The normalized spacial score (nSPS) is 10.5. The van der Waals surface area contributed by atoms with E-state index in [4.69, 9.17) is 5.11 Å². The quantitative estimate of drug-likeness (QED) is 0.436. The maximum atomic E-state index is 11.8. The van der Waals surface area contributed by atoms with Crippen molar-refractivity contribution in [2.45, 2.75) is 0 Å². The fraction of sp³-hybridized carbons (Fsp3) is 0. The number of carbonyl (C=O) groups is 2. The number of hydrogen-bond donors (Lipinski definition) is 3. The zero-order valence-electron chi connectivity index (χ0n) is 11.0. The van der Waals surface area contributed by atoms with Crippen LogP contribution in [0.4, 0.5) is 11.4 Å². The number of carboxylic acid groups (broad SMARTS) is 1. The Bertz CT molecular complexity index is 752. The van der Waals surface area contributed by atoms with Gasteiger partial charge < -0.3 is 15.4 Å². The number of rotatable bonds is 5. The summed E-state index contributed by atoms with van der Waals surface area (Å²) in [6.07, 6.45) is 4.89. The van der Waals surface area contributed by atoms with Crippen molar-refractivity contribution in [1.29, 1.82) is 0 Å². The highest BCUT2D eigenvalue weighted by atomic mass is 16.6. The molecule has 0 radical (unpaired) electrons. The molecule has 112 valence electrons. The van der Waals surface area contributed by atoms with Gasteiger partial charge in [-0.2, -0.15) is 0 Å². The van der Waals surface area contributed by atoms with E-state index in [1.54, 1.807) is 0 Å². The van der Waals surface area contributed by atoms with Gasteiger partial charge in [0.25, 0.3) is 11.6 Å². The van der Waals surface area contributed by atoms with E-state index in [1.165, 1.54) is 36.7 Å². The highest BCUT2D eigenvalue weighted by Gasteiger charge is 2.13. The molecule has 0 saturated carbocycles. The van der Waals surface area contributed by atoms with Crippen LogP contribution in [0.1, 0.15) is 16.2 Å². The second kappa shape index (κ2) is 6.31. The number of non-ortho nitro benzene ring substituents is 1. The maximum Gasteiger partial charge on any atom is 0.328 e. The number of carboxylic acids is 1. The number of H-pyrrole nitrogens is 1. The van der Waals surface area contributed by atoms with Crippen LogP contribution in [0.25, 0.3) is 6.08 Å². The fourth-order valence-corrected chi connectivity index (χ4v) is 1.66. The van der Waals surface area contributed by atoms with Crippen molar-refractivity contribution in [2.75, 3.05) is 5.32 Å². The smallest absolute Gasteiger partial charge is 0.328 e. The largest absolute Gasteiger partial charge is 0.478 e. The molecule has 9 nitrogen and oxygen atoms in total. The van der Waals surface area contributed by atoms with Gasteiger partial charge in [0.1, 0.15) is 0 Å². The number of nitrogens with one attached hydrogen (secondary N) is 2. The maximum absolute atomic E-state index is 11.8. The van der Waals surface area contributed by atoms with Crippen molar-refractivity contribution in [3.05, 3.63) is 58.2 Å². The number of aromatic amines is 1. The summed E-state index contributed by atoms with van der Waals surface area (Å²) < 4.78 is 0. The number of nitro groups is 1. The Hall–Kier alpha value is -3.49. The van der Waals surface area contributed by atoms with Crippen LogP contribution in [0.2, 0.25) is 0 Å². The summed E-state index contributed by atoms with van der Waals surface area (Å²) in [7, 11) is 0. The Balaban J connectivity index is 2.31. The van der Waals surface area contributed by atoms with Crippen molar-refractivity contribution >= 4 is 29.3 Å². The molecule has 0 bridgehead atoms. The van der Waals surface area contributed by atoms with Gasteiger partial charge in [0.15, 0.2) is 5.82 Å². The number of hydrogen-bond acceptors (Lipinski definition) is 5. The van der Waals surface area contributed by atoms with Gasteiger partial charge in [-0.25, -0.2) is 9.78 Å². The molecule has 2 rings (SSSR count). The first-order valence-electron chi connectivity index (χ1n) is 5.97. The van der Waals surface area contributed by atoms with E-state index in [-0.39, 0.29) is 22.8 Å². The summed E-state index contributed by atoms with van der Waals surface area (Å²) in [6, 6.07) is 3.77. The van der Waals surface area contributed by atoms with E-state index in [0.29, 0.717) is 0 Å². The van der Waals surface area contributed by atoms with Gasteiger partial charge in [-0.3, -0.25) is 14.9 Å². The lowest BCUT2D eigenvalue weighted by molar-refractivity contribution is -0.384. The topological polar surface area (TPSA) is 138 Å². The SMILES string of the molecule is O=C(O)C=Cc1cc(NC(=O)c2ncc[nH]2)cc([N+](=O)[O-])c1. The van der Waals surface area contributed by atoms with Crippen molar-refractivity contribution in [3.8, 4) is 0 Å². The molecule has 22 heavy (non-hydrogen) atoms. The van der Waals surface area contributed by atoms with Gasteiger partial charge in [-0.1, -0.05) is 0 Å². The van der Waals surface area contributed by atoms with Gasteiger partial charge in [0.05, 0.1) is 4.92 Å². The molecule has 2 aromatic rings. The summed E-state index contributed by atoms with van der Waals surface area (Å²) in [5, 5.41) is 21.9. The molecule has 0 spiro atoms. The number of aromatic nitrogens is 2. The highest BCUT2D eigenvalue weighted by Crippen LogP contribution is 2.22. The second-order valence-electron chi connectivity index (χ2n) is 4.13. The van der Waals surface area contributed by atoms with Crippen LogP contribution in [-0.4, -0.2) is 31.9 Å². The van der Waals surface area contributed by atoms with Crippen LogP contribution >= 0.6 is 0 Å². The molecule has 0 saturated heterocycles. The van der Waals surface area contributed by atoms with E-state index >= 15 is 0 Å². The molecule has 0 unspecified atom stereocenters. The van der Waals surface area contributed by atoms with Gasteiger partial charge in [-0.05, 0) is 17.7 Å². The number of carbonyl (C=O) groups excluding carboxylic acids is 1. The fourth-order valence-electron chi connectivity index (χ4n) is 1.66. The zero-order valence-corrected chi connectivity index (χ0v) is 11.0. The predicted octanol–water partition coefficient (Wildman–Crippen LogP) is 1.67. The van der Waals surface area contributed by atoms with Crippen LogP contribution in [0, 0.1) is 10.1 Å². The van der Waals surface area contributed by atoms with Gasteiger partial charge in [0, 0.05) is 36.3 Å². The predicted molar refractivity (Wildman–Crippen MR) is 76.3 cm³/mol. The van der Waals surface area contributed by atoms with Gasteiger partial charge in [0.2, 0.25) is 0 Å². The third-order valence-electron chi connectivity index (χ3n) is 2.54. The number of nitrogens with zero attached hydrogens (tertiary/aromatic N) is 2. The lowest BCUT2D eigenvalue weighted by Gasteiger charge is -2.05. The number of anilines is 1. The first-order chi connectivity index (χ1) is 10.5. The van der Waals surface area contributed by atoms with Crippen LogP contribution < -0.4 is 5.32 Å². The molecule has 0 atom stereocenters. The molecule has 9 heteroatoms. The molecule has 0 fully saturated rings. The lowest BCUT2D eigenvalue weighted by atomic mass is 10.1. The van der Waals surface area contributed by atoms with E-state index in [9.17, 15) is 19.7 Å². The first kappa shape index (κ1) is 14.9. The van der Waals surface area contributed by atoms with Gasteiger partial charge >= 0.3 is 5.97 Å². The molecule has 3 N–H and O–H groups in total. The molecule has 0 aliphatic heterocycles. The zero-order chi connectivity index (χ0) is 16.1. The monoisotopic (exact) mass is 302 g/mol. The molecule has 0 aliphatic rings. The Labute approximate surface area is 123 Å². The minimum Gasteiger partial charge on any atom is -0.478 e. The molecule has 1 amide bonds. The average molecular weight is 302 g/mol. The molecule has 0 aliphatic carbocycles. The van der Waals surface area contributed by atoms with Gasteiger partial charge in [-0.15, -0.1) is 0 Å². The Morgan fingerprint density at radius 1 is 1.36 bits per heavy atom. The Morgan fingerprint density at radius 2 is 2.14 bits per heavy atom. The summed E-state index contributed by atoms with van der Waals surface area (Å²) in [5.74, 6) is -1.71. The van der Waals surface area contributed by atoms with Crippen LogP contribution in [0.15, 0.2) is 36.7 Å². The molecule has 1 aromatic carbocycles. The molecule has 1 aromatic heterocycles. The van der Waals surface area contributed by atoms with E-state index in [0.717, 1.165) is 6.08 Å². The molecular formula is C13H10N4O5. The highest BCUT2D eigenvalue weighted by molar-refractivity contribution is 6.02. The second-order valence-corrected chi connectivity index (χ2v) is 4.13. The first-order valence-corrected chi connectivity index (χ1v) is 5.97. The van der Waals surface area contributed by atoms with Crippen LogP contribution in [0.5, 0.6) is 0 Å². The molecule has 1 heterocycles. The van der Waals surface area contributed by atoms with Crippen molar-refractivity contribution in [3.63, 3.8) is 0 Å². The van der Waals surface area contributed by atoms with Crippen molar-refractivity contribution in [2.24, 2.45) is 0 Å². The number of amides is 1. The summed E-state index contributed by atoms with van der Waals surface area (Å²) in [4.78, 5) is 39.0. The summed E-state index contributed by atoms with van der Waals surface area (Å²) in [5.41, 5.74) is 0.147. The van der Waals surface area contributed by atoms with Crippen molar-refractivity contribution in [1.82, 2.24) is 9.97 Å². The number of imidazole rings is 1. The number of nitro benzene ring substituents is 1. The third kappa shape index (κ3) is 3.76. The van der Waals surface area contributed by atoms with Crippen molar-refractivity contribution < 1.29 is 19.6 Å². The van der Waals surface area contributed by atoms with E-state index in [2.05, 4.69) is 15.3 Å². The van der Waals surface area contributed by atoms with E-state index < -0.39 is 16.8 Å². The average Bonchev–Trinajstić information content (AvgIpc) is 2.99. The minimum atomic E-state index is -1.19. The van der Waals surface area contributed by atoms with E-state index in [1.807, 2.05) is 0 Å². The Morgan fingerprint density at radius 3 is 2.73 bits per heavy atom. The van der Waals surface area contributed by atoms with Crippen LogP contribution in [0.3, 0.4) is 0 Å². The Kier molecular flexibility index (Phi) is 4.27. The number of benzene rings is 1. The summed E-state index contributed by atoms with van der Waals surface area (Å²) >= 11 is 0. The number of aliphatic carboxylic acids is 1. The lowest BCUT2D eigenvalue weighted by Crippen LogP contribution is -2.13. The minimum absolute atomic E-state index is 0.0501. The molecular weight excluding hydrogens is 292 g/mol. The van der Waals surface area contributed by atoms with Crippen LogP contribution in [-0.2, 0) is 4.79 Å². The third-order valence-corrected chi connectivity index (χ3v) is 2.54. The standard InChI is InChI=1S/C13H10N4O5/c18-11(19)2-1-8-5-9(7-10(6-8)17(21)22)16-13(20)12-14-3-4-15-12/h1-7H,(H,14,15)(H,16,20)(H,18,19).